The number of unbranched alkanes of at least 4 members (excludes halogenated alkanes) is 2. The van der Waals surface area contributed by atoms with E-state index >= 15 is 0 Å². The number of fused-ring (bicyclic) bond motifs is 2. The molecule has 22 nitrogen and oxygen atoms in total. The lowest BCUT2D eigenvalue weighted by Crippen LogP contribution is -2.32. The maximum Gasteiger partial charge on any atom is 0.303 e. The molecule has 2 aromatic carbocycles. The van der Waals surface area contributed by atoms with Gasteiger partial charge in [-0.25, -0.2) is 33.7 Å². The molecule has 0 saturated heterocycles. The molecule has 1 N–H and O–H groups in total. The number of carboxylic acids is 1. The third-order valence-corrected chi connectivity index (χ3v) is 15.5. The smallest absolute Gasteiger partial charge is 0.303 e. The number of hydrogen-bond donors (Lipinski definition) is 1. The molecule has 0 aliphatic carbocycles. The van der Waals surface area contributed by atoms with Crippen molar-refractivity contribution in [3.8, 4) is 0 Å². The van der Waals surface area contributed by atoms with Crippen LogP contribution >= 0.6 is 0 Å². The van der Waals surface area contributed by atoms with Crippen molar-refractivity contribution in [1.82, 2.24) is 0 Å². The molecule has 0 saturated carbocycles. The summed E-state index contributed by atoms with van der Waals surface area (Å²) in [5.74, 6) is -2.46. The number of carboxylic acid groups (broad SMARTS) is 1. The molecule has 2 heterocycles. The largest absolute Gasteiger partial charge is 0.748 e. The number of nitrogens with zero attached hydrogens (tertiary/aromatic N) is 2. The topological polar surface area (TPSA) is 328 Å². The molecule has 2 atom stereocenters. The van der Waals surface area contributed by atoms with Gasteiger partial charge >= 0.3 is 5.97 Å². The van der Waals surface area contributed by atoms with Crippen molar-refractivity contribution >= 4 is 63.5 Å². The van der Waals surface area contributed by atoms with Gasteiger partial charge in [-0.1, -0.05) is 6.08 Å². The Bertz CT molecular complexity index is 2690. The standard InChI is InChI=1S/C46H68N2O20S4/c1-45(17-8-32-69(51,52)53)38-34-36(71(57,58)59)13-15-40(38)47(19-6-4-5-12-44(49)50)42(45)10-7-11-43-46(2,18-9-33-70(54,55)56)39-35-37(72(60,61)62)14-16-41(39)48(43)20-21-64-24-25-66-28-29-68-31-30-67-27-26-65-23-22-63-3/h7,10-11,13-16,34-35H,4-6,8-9,12,17-33H2,1-3H3,(H4-,49,50,51,52,53,54,55,56,57,58,59,60,61,62)/p-3. The molecule has 0 spiro atoms. The van der Waals surface area contributed by atoms with Gasteiger partial charge in [0, 0.05) is 72.5 Å². The van der Waals surface area contributed by atoms with Gasteiger partial charge in [-0.15, -0.1) is 0 Å². The Morgan fingerprint density at radius 1 is 0.639 bits per heavy atom. The fraction of sp³-hybridized carbons (Fsp3) is 0.609. The SMILES string of the molecule is COCCOCCOCCOCCOCCOCCN1/C(=C/C=C/C2=[N+](CCCCCC(=O)O)c3ccc(S(=O)(=O)[O-])cc3C2(C)CCCS(=O)(=O)[O-])C(C)(CCCS(=O)(=O)[O-])c2cc(S(=O)(=O)[O-])ccc21. The predicted octanol–water partition coefficient (Wildman–Crippen LogP) is 3.09. The van der Waals surface area contributed by atoms with Crippen LogP contribution in [0.5, 0.6) is 0 Å². The Kier molecular flexibility index (Phi) is 23.4. The van der Waals surface area contributed by atoms with Gasteiger partial charge in [0.25, 0.3) is 0 Å². The van der Waals surface area contributed by atoms with E-state index in [0.29, 0.717) is 99.4 Å². The van der Waals surface area contributed by atoms with Crippen molar-refractivity contribution in [3.63, 3.8) is 0 Å². The second-order valence-electron chi connectivity index (χ2n) is 17.5. The number of hydrogen-bond acceptors (Lipinski definition) is 20. The van der Waals surface area contributed by atoms with Crippen molar-refractivity contribution in [1.29, 1.82) is 0 Å². The van der Waals surface area contributed by atoms with E-state index in [1.54, 1.807) is 39.2 Å². The van der Waals surface area contributed by atoms with Gasteiger partial charge in [-0.3, -0.25) is 4.79 Å². The van der Waals surface area contributed by atoms with E-state index in [0.717, 1.165) is 12.1 Å². The normalized spacial score (nSPS) is 19.0. The molecule has 72 heavy (non-hydrogen) atoms. The van der Waals surface area contributed by atoms with Gasteiger partial charge < -0.3 is 56.6 Å². The summed E-state index contributed by atoms with van der Waals surface area (Å²) in [6.07, 6.45) is 5.88. The minimum absolute atomic E-state index is 0.00344. The number of ether oxygens (including phenoxy) is 6. The maximum atomic E-state index is 12.3. The van der Waals surface area contributed by atoms with Crippen LogP contribution in [-0.2, 0) is 84.5 Å². The summed E-state index contributed by atoms with van der Waals surface area (Å²) in [6.45, 7) is 7.50. The first-order valence-electron chi connectivity index (χ1n) is 23.3. The number of anilines is 1. The van der Waals surface area contributed by atoms with Crippen molar-refractivity contribution in [2.75, 3.05) is 109 Å². The van der Waals surface area contributed by atoms with Crippen LogP contribution in [0.15, 0.2) is 70.1 Å². The highest BCUT2D eigenvalue weighted by atomic mass is 32.2. The third-order valence-electron chi connectivity index (χ3n) is 12.3. The number of allylic oxidation sites excluding steroid dienone is 4. The van der Waals surface area contributed by atoms with Crippen molar-refractivity contribution in [2.24, 2.45) is 0 Å². The zero-order chi connectivity index (χ0) is 53.2. The molecular formula is C46H65N2O20S4-3. The monoisotopic (exact) mass is 1090 g/mol. The van der Waals surface area contributed by atoms with Crippen molar-refractivity contribution in [3.05, 3.63) is 71.5 Å². The molecule has 0 amide bonds. The summed E-state index contributed by atoms with van der Waals surface area (Å²) in [5, 5.41) is 9.21. The Morgan fingerprint density at radius 3 is 1.62 bits per heavy atom. The number of methoxy groups -OCH3 is 1. The minimum Gasteiger partial charge on any atom is -0.748 e. The van der Waals surface area contributed by atoms with Gasteiger partial charge in [0.1, 0.15) is 26.8 Å². The van der Waals surface area contributed by atoms with Gasteiger partial charge in [-0.05, 0) is 94.3 Å². The molecule has 0 fully saturated rings. The minimum atomic E-state index is -4.98. The molecule has 2 aliphatic heterocycles. The first kappa shape index (κ1) is 60.8. The predicted molar refractivity (Wildman–Crippen MR) is 258 cm³/mol. The first-order chi connectivity index (χ1) is 33.8. The van der Waals surface area contributed by atoms with Crippen LogP contribution < -0.4 is 4.90 Å². The molecule has 2 unspecified atom stereocenters. The fourth-order valence-electron chi connectivity index (χ4n) is 8.82. The Balaban J connectivity index is 1.68. The van der Waals surface area contributed by atoms with Crippen LogP contribution in [0.1, 0.15) is 76.3 Å². The van der Waals surface area contributed by atoms with E-state index in [9.17, 15) is 61.8 Å². The van der Waals surface area contributed by atoms with Crippen LogP contribution in [0.2, 0.25) is 0 Å². The molecule has 0 aromatic heterocycles. The lowest BCUT2D eigenvalue weighted by Gasteiger charge is -2.31. The third kappa shape index (κ3) is 18.6. The molecule has 0 radical (unpaired) electrons. The first-order valence-corrected chi connectivity index (χ1v) is 29.3. The maximum absolute atomic E-state index is 12.3. The molecule has 406 valence electrons. The van der Waals surface area contributed by atoms with Crippen LogP contribution in [0.25, 0.3) is 0 Å². The lowest BCUT2D eigenvalue weighted by molar-refractivity contribution is -0.438. The molecule has 26 heteroatoms. The average Bonchev–Trinajstić information content (AvgIpc) is 3.65. The molecule has 0 bridgehead atoms. The van der Waals surface area contributed by atoms with Crippen LogP contribution in [0.4, 0.5) is 11.4 Å². The Labute approximate surface area is 423 Å². The zero-order valence-corrected chi connectivity index (χ0v) is 44.0. The van der Waals surface area contributed by atoms with E-state index in [4.69, 9.17) is 28.4 Å². The van der Waals surface area contributed by atoms with Gasteiger partial charge in [0.05, 0.1) is 108 Å². The van der Waals surface area contributed by atoms with E-state index in [2.05, 4.69) is 0 Å². The van der Waals surface area contributed by atoms with Crippen LogP contribution in [0.3, 0.4) is 0 Å². The average molecular weight is 1090 g/mol. The quantitative estimate of drug-likeness (QED) is 0.0582. The zero-order valence-electron chi connectivity index (χ0n) is 40.7. The highest BCUT2D eigenvalue weighted by molar-refractivity contribution is 7.86. The highest BCUT2D eigenvalue weighted by Crippen LogP contribution is 2.51. The van der Waals surface area contributed by atoms with E-state index in [1.807, 2.05) is 9.48 Å². The summed E-state index contributed by atoms with van der Waals surface area (Å²) in [4.78, 5) is 12.0. The number of rotatable bonds is 36. The lowest BCUT2D eigenvalue weighted by atomic mass is 9.75. The van der Waals surface area contributed by atoms with Gasteiger partial charge in [-0.2, -0.15) is 4.58 Å². The van der Waals surface area contributed by atoms with Crippen LogP contribution in [-0.4, -0.2) is 178 Å². The Hall–Kier alpha value is -3.74. The number of carbonyl (C=O) groups is 1. The Morgan fingerprint density at radius 2 is 1.12 bits per heavy atom. The fourth-order valence-corrected chi connectivity index (χ4v) is 10.8. The van der Waals surface area contributed by atoms with Gasteiger partial charge in [0.2, 0.25) is 5.69 Å². The van der Waals surface area contributed by atoms with Gasteiger partial charge in [0.15, 0.2) is 5.71 Å². The van der Waals surface area contributed by atoms with Crippen LogP contribution in [0, 0.1) is 0 Å². The highest BCUT2D eigenvalue weighted by Gasteiger charge is 2.48. The molecular weight excluding hydrogens is 1030 g/mol. The summed E-state index contributed by atoms with van der Waals surface area (Å²) in [6, 6.07) is 7.66. The van der Waals surface area contributed by atoms with E-state index < -0.39 is 78.6 Å². The second-order valence-corrected chi connectivity index (χ2v) is 23.3. The summed E-state index contributed by atoms with van der Waals surface area (Å²) < 4.78 is 179. The van der Waals surface area contributed by atoms with E-state index in [1.165, 1.54) is 24.3 Å². The molecule has 2 aromatic rings. The number of benzene rings is 2. The molecule has 4 rings (SSSR count). The summed E-state index contributed by atoms with van der Waals surface area (Å²) in [7, 11) is -17.7. The van der Waals surface area contributed by atoms with Crippen molar-refractivity contribution in [2.45, 2.75) is 85.8 Å². The number of aliphatic carboxylic acids is 1. The molecule has 2 aliphatic rings. The summed E-state index contributed by atoms with van der Waals surface area (Å²) in [5.41, 5.74) is 0.201. The summed E-state index contributed by atoms with van der Waals surface area (Å²) >= 11 is 0. The van der Waals surface area contributed by atoms with Crippen molar-refractivity contribution < 1.29 is 94.8 Å². The van der Waals surface area contributed by atoms with E-state index in [-0.39, 0.29) is 71.6 Å². The second kappa shape index (κ2) is 27.7.